The second-order valence-electron chi connectivity index (χ2n) is 4.44. The summed E-state index contributed by atoms with van der Waals surface area (Å²) in [7, 11) is 0. The molecule has 0 aromatic heterocycles. The van der Waals surface area contributed by atoms with Crippen LogP contribution in [0.25, 0.3) is 0 Å². The molecule has 0 radical (unpaired) electrons. The van der Waals surface area contributed by atoms with E-state index in [1.165, 1.54) is 24.8 Å². The molecule has 2 saturated heterocycles. The summed E-state index contributed by atoms with van der Waals surface area (Å²) < 4.78 is 0. The molecular formula is C12H15Cl2N. The van der Waals surface area contributed by atoms with Crippen LogP contribution < -0.4 is 5.32 Å². The molecule has 1 aromatic rings. The van der Waals surface area contributed by atoms with Crippen molar-refractivity contribution in [1.82, 2.24) is 5.32 Å². The second-order valence-corrected chi connectivity index (χ2v) is 4.88. The van der Waals surface area contributed by atoms with Gasteiger partial charge in [0.25, 0.3) is 0 Å². The average Bonchev–Trinajstić information content (AvgIpc) is 2.78. The summed E-state index contributed by atoms with van der Waals surface area (Å²) in [5.41, 5.74) is 1.41. The fourth-order valence-corrected chi connectivity index (χ4v) is 3.13. The third kappa shape index (κ3) is 2.01. The number of nitrogens with one attached hydrogen (secondary N) is 1. The van der Waals surface area contributed by atoms with Crippen molar-refractivity contribution in [3.05, 3.63) is 34.9 Å². The van der Waals surface area contributed by atoms with Gasteiger partial charge in [0.15, 0.2) is 0 Å². The Kier molecular flexibility index (Phi) is 3.24. The Labute approximate surface area is 102 Å². The molecule has 1 N–H and O–H groups in total. The highest BCUT2D eigenvalue weighted by Gasteiger charge is 2.39. The van der Waals surface area contributed by atoms with Crippen LogP contribution >= 0.6 is 24.0 Å². The quantitative estimate of drug-likeness (QED) is 0.798. The molecule has 3 heteroatoms. The molecule has 3 rings (SSSR count). The molecule has 2 aliphatic rings. The third-order valence-corrected chi connectivity index (χ3v) is 3.81. The van der Waals surface area contributed by atoms with E-state index < -0.39 is 0 Å². The minimum atomic E-state index is 0. The number of hydrogen-bond acceptors (Lipinski definition) is 1. The van der Waals surface area contributed by atoms with Crippen LogP contribution in [0.15, 0.2) is 24.3 Å². The lowest BCUT2D eigenvalue weighted by atomic mass is 9.84. The summed E-state index contributed by atoms with van der Waals surface area (Å²) in [4.78, 5) is 0. The van der Waals surface area contributed by atoms with Gasteiger partial charge in [-0.15, -0.1) is 12.4 Å². The predicted octanol–water partition coefficient (Wildman–Crippen LogP) is 3.37. The van der Waals surface area contributed by atoms with Crippen LogP contribution in [0.4, 0.5) is 0 Å². The normalized spacial score (nSPS) is 32.7. The summed E-state index contributed by atoms with van der Waals surface area (Å²) in [5.74, 6) is 0.701. The van der Waals surface area contributed by atoms with Gasteiger partial charge in [-0.25, -0.2) is 0 Å². The monoisotopic (exact) mass is 243 g/mol. The zero-order chi connectivity index (χ0) is 9.54. The topological polar surface area (TPSA) is 12.0 Å². The van der Waals surface area contributed by atoms with Crippen LogP contribution in [-0.2, 0) is 0 Å². The first-order chi connectivity index (χ1) is 6.83. The van der Waals surface area contributed by atoms with Crippen molar-refractivity contribution in [2.24, 2.45) is 0 Å². The standard InChI is InChI=1S/C12H14ClN.ClH/c13-9-3-1-2-8(6-9)11-7-10-4-5-12(11)14-10;/h1-3,6,10-12,14H,4-5,7H2;1H/t10?,11-,12?;/m1./s1. The number of hydrogen-bond donors (Lipinski definition) is 1. The van der Waals surface area contributed by atoms with Gasteiger partial charge in [0.2, 0.25) is 0 Å². The molecular weight excluding hydrogens is 229 g/mol. The molecule has 2 heterocycles. The van der Waals surface area contributed by atoms with E-state index in [4.69, 9.17) is 11.6 Å². The number of halogens is 2. The van der Waals surface area contributed by atoms with Gasteiger partial charge in [-0.3, -0.25) is 0 Å². The fourth-order valence-electron chi connectivity index (χ4n) is 2.93. The first-order valence-electron chi connectivity index (χ1n) is 5.34. The molecule has 0 aliphatic carbocycles. The van der Waals surface area contributed by atoms with Gasteiger partial charge in [0.05, 0.1) is 0 Å². The lowest BCUT2D eigenvalue weighted by Gasteiger charge is -2.20. The number of benzene rings is 1. The first-order valence-corrected chi connectivity index (χ1v) is 5.72. The summed E-state index contributed by atoms with van der Waals surface area (Å²) in [6.07, 6.45) is 3.99. The van der Waals surface area contributed by atoms with Gasteiger partial charge in [-0.2, -0.15) is 0 Å². The summed E-state index contributed by atoms with van der Waals surface area (Å²) in [6, 6.07) is 9.81. The Hall–Kier alpha value is -0.240. The Bertz CT molecular complexity index is 353. The van der Waals surface area contributed by atoms with E-state index in [0.29, 0.717) is 12.0 Å². The molecule has 0 saturated carbocycles. The molecule has 15 heavy (non-hydrogen) atoms. The van der Waals surface area contributed by atoms with Gasteiger partial charge in [0.1, 0.15) is 0 Å². The van der Waals surface area contributed by atoms with E-state index >= 15 is 0 Å². The van der Waals surface area contributed by atoms with Crippen LogP contribution in [0, 0.1) is 0 Å². The van der Waals surface area contributed by atoms with Crippen molar-refractivity contribution in [1.29, 1.82) is 0 Å². The van der Waals surface area contributed by atoms with E-state index in [2.05, 4.69) is 23.5 Å². The largest absolute Gasteiger partial charge is 0.311 e. The Morgan fingerprint density at radius 3 is 2.73 bits per heavy atom. The van der Waals surface area contributed by atoms with Crippen LogP contribution in [0.5, 0.6) is 0 Å². The minimum absolute atomic E-state index is 0. The SMILES string of the molecule is Cl.Clc1cccc([C@H]2CC3CCC2N3)c1. The van der Waals surface area contributed by atoms with E-state index in [0.717, 1.165) is 11.1 Å². The van der Waals surface area contributed by atoms with Crippen molar-refractivity contribution in [2.75, 3.05) is 0 Å². The van der Waals surface area contributed by atoms with Gasteiger partial charge < -0.3 is 5.32 Å². The fraction of sp³-hybridized carbons (Fsp3) is 0.500. The van der Waals surface area contributed by atoms with Gasteiger partial charge in [0, 0.05) is 23.0 Å². The first kappa shape index (κ1) is 11.3. The van der Waals surface area contributed by atoms with Crippen molar-refractivity contribution in [2.45, 2.75) is 37.3 Å². The van der Waals surface area contributed by atoms with E-state index in [1.807, 2.05) is 6.07 Å². The molecule has 2 fully saturated rings. The van der Waals surface area contributed by atoms with Crippen LogP contribution in [0.3, 0.4) is 0 Å². The summed E-state index contributed by atoms with van der Waals surface area (Å²) >= 11 is 6.00. The molecule has 0 spiro atoms. The zero-order valence-corrected chi connectivity index (χ0v) is 10.0. The van der Waals surface area contributed by atoms with Crippen LogP contribution in [0.1, 0.15) is 30.7 Å². The molecule has 0 amide bonds. The maximum absolute atomic E-state index is 6.00. The van der Waals surface area contributed by atoms with Crippen molar-refractivity contribution in [3.8, 4) is 0 Å². The van der Waals surface area contributed by atoms with Crippen LogP contribution in [0.2, 0.25) is 5.02 Å². The maximum atomic E-state index is 6.00. The molecule has 82 valence electrons. The maximum Gasteiger partial charge on any atom is 0.0408 e. The number of rotatable bonds is 1. The lowest BCUT2D eigenvalue weighted by molar-refractivity contribution is 0.506. The van der Waals surface area contributed by atoms with Crippen LogP contribution in [-0.4, -0.2) is 12.1 Å². The smallest absolute Gasteiger partial charge is 0.0408 e. The third-order valence-electron chi connectivity index (χ3n) is 3.58. The highest BCUT2D eigenvalue weighted by atomic mass is 35.5. The second kappa shape index (κ2) is 4.32. The predicted molar refractivity (Wildman–Crippen MR) is 66.0 cm³/mol. The highest BCUT2D eigenvalue weighted by Crippen LogP contribution is 2.40. The zero-order valence-electron chi connectivity index (χ0n) is 8.45. The van der Waals surface area contributed by atoms with E-state index in [-0.39, 0.29) is 12.4 Å². The van der Waals surface area contributed by atoms with Gasteiger partial charge >= 0.3 is 0 Å². The highest BCUT2D eigenvalue weighted by molar-refractivity contribution is 6.30. The molecule has 2 bridgehead atoms. The summed E-state index contributed by atoms with van der Waals surface area (Å²) in [6.45, 7) is 0. The van der Waals surface area contributed by atoms with E-state index in [9.17, 15) is 0 Å². The average molecular weight is 244 g/mol. The van der Waals surface area contributed by atoms with Crippen molar-refractivity contribution in [3.63, 3.8) is 0 Å². The summed E-state index contributed by atoms with van der Waals surface area (Å²) in [5, 5.41) is 4.52. The lowest BCUT2D eigenvalue weighted by Crippen LogP contribution is -2.21. The minimum Gasteiger partial charge on any atom is -0.311 e. The van der Waals surface area contributed by atoms with Crippen molar-refractivity contribution < 1.29 is 0 Å². The van der Waals surface area contributed by atoms with Gasteiger partial charge in [-0.05, 0) is 37.0 Å². The molecule has 1 aromatic carbocycles. The molecule has 2 unspecified atom stereocenters. The Morgan fingerprint density at radius 2 is 2.13 bits per heavy atom. The number of fused-ring (bicyclic) bond motifs is 2. The Morgan fingerprint density at radius 1 is 1.27 bits per heavy atom. The Balaban J connectivity index is 0.000000853. The van der Waals surface area contributed by atoms with Crippen molar-refractivity contribution >= 4 is 24.0 Å². The van der Waals surface area contributed by atoms with E-state index in [1.54, 1.807) is 0 Å². The van der Waals surface area contributed by atoms with Gasteiger partial charge in [-0.1, -0.05) is 23.7 Å². The molecule has 2 aliphatic heterocycles. The molecule has 1 nitrogen and oxygen atoms in total. The molecule has 3 atom stereocenters.